The molecule has 5 nitrogen and oxygen atoms in total. The quantitative estimate of drug-likeness (QED) is 0.838. The third-order valence-corrected chi connectivity index (χ3v) is 2.93. The van der Waals surface area contributed by atoms with Gasteiger partial charge in [-0.3, -0.25) is 0 Å². The number of methoxy groups -OCH3 is 1. The van der Waals surface area contributed by atoms with E-state index in [0.29, 0.717) is 18.2 Å². The van der Waals surface area contributed by atoms with Crippen molar-refractivity contribution in [1.29, 1.82) is 0 Å². The van der Waals surface area contributed by atoms with Crippen molar-refractivity contribution < 1.29 is 14.6 Å². The van der Waals surface area contributed by atoms with Crippen LogP contribution in [0.3, 0.4) is 0 Å². The van der Waals surface area contributed by atoms with Gasteiger partial charge in [-0.05, 0) is 23.6 Å². The SMILES string of the molecule is COc1cccc(C(O)CN(C)C(=O)NCC(C)C)c1. The van der Waals surface area contributed by atoms with Crippen LogP contribution in [-0.2, 0) is 0 Å². The normalized spacial score (nSPS) is 12.1. The van der Waals surface area contributed by atoms with Crippen molar-refractivity contribution in [1.82, 2.24) is 10.2 Å². The third kappa shape index (κ3) is 5.09. The summed E-state index contributed by atoms with van der Waals surface area (Å²) in [6.07, 6.45) is -0.736. The standard InChI is InChI=1S/C15H24N2O3/c1-11(2)9-16-15(19)17(3)10-14(18)12-6-5-7-13(8-12)20-4/h5-8,11,14,18H,9-10H2,1-4H3,(H,16,19). The molecule has 0 aliphatic heterocycles. The second-order valence-electron chi connectivity index (χ2n) is 5.25. The van der Waals surface area contributed by atoms with E-state index in [0.717, 1.165) is 5.56 Å². The number of carbonyl (C=O) groups is 1. The number of hydrogen-bond acceptors (Lipinski definition) is 3. The second kappa shape index (κ2) is 7.75. The summed E-state index contributed by atoms with van der Waals surface area (Å²) in [5.41, 5.74) is 0.729. The molecule has 5 heteroatoms. The maximum absolute atomic E-state index is 11.8. The molecular weight excluding hydrogens is 256 g/mol. The van der Waals surface area contributed by atoms with Crippen LogP contribution in [-0.4, -0.2) is 43.3 Å². The van der Waals surface area contributed by atoms with Crippen LogP contribution in [0.2, 0.25) is 0 Å². The highest BCUT2D eigenvalue weighted by Gasteiger charge is 2.15. The first kappa shape index (κ1) is 16.3. The first-order chi connectivity index (χ1) is 9.43. The fourth-order valence-electron chi connectivity index (χ4n) is 1.72. The summed E-state index contributed by atoms with van der Waals surface area (Å²) < 4.78 is 5.12. The molecule has 1 aromatic carbocycles. The van der Waals surface area contributed by atoms with E-state index in [-0.39, 0.29) is 12.6 Å². The predicted octanol–water partition coefficient (Wildman–Crippen LogP) is 2.03. The summed E-state index contributed by atoms with van der Waals surface area (Å²) in [5, 5.41) is 13.0. The van der Waals surface area contributed by atoms with Crippen molar-refractivity contribution in [3.8, 4) is 5.75 Å². The van der Waals surface area contributed by atoms with E-state index >= 15 is 0 Å². The molecule has 112 valence electrons. The van der Waals surface area contributed by atoms with Gasteiger partial charge in [-0.25, -0.2) is 4.79 Å². The van der Waals surface area contributed by atoms with Crippen LogP contribution in [0.25, 0.3) is 0 Å². The Morgan fingerprint density at radius 2 is 2.15 bits per heavy atom. The zero-order chi connectivity index (χ0) is 15.1. The van der Waals surface area contributed by atoms with E-state index in [1.54, 1.807) is 20.2 Å². The fraction of sp³-hybridized carbons (Fsp3) is 0.533. The van der Waals surface area contributed by atoms with Gasteiger partial charge in [-0.15, -0.1) is 0 Å². The maximum Gasteiger partial charge on any atom is 0.317 e. The first-order valence-electron chi connectivity index (χ1n) is 6.75. The molecule has 1 rings (SSSR count). The molecule has 0 saturated carbocycles. The minimum Gasteiger partial charge on any atom is -0.497 e. The van der Waals surface area contributed by atoms with Crippen molar-refractivity contribution in [2.45, 2.75) is 20.0 Å². The van der Waals surface area contributed by atoms with Gasteiger partial charge in [0, 0.05) is 13.6 Å². The number of hydrogen-bond donors (Lipinski definition) is 2. The molecule has 0 heterocycles. The minimum absolute atomic E-state index is 0.180. The first-order valence-corrected chi connectivity index (χ1v) is 6.75. The Kier molecular flexibility index (Phi) is 6.31. The van der Waals surface area contributed by atoms with Gasteiger partial charge in [-0.1, -0.05) is 26.0 Å². The lowest BCUT2D eigenvalue weighted by molar-refractivity contribution is 0.131. The van der Waals surface area contributed by atoms with E-state index in [1.165, 1.54) is 4.90 Å². The summed E-state index contributed by atoms with van der Waals surface area (Å²) in [6.45, 7) is 4.92. The molecule has 0 aromatic heterocycles. The largest absolute Gasteiger partial charge is 0.497 e. The number of urea groups is 1. The number of rotatable bonds is 6. The number of likely N-dealkylation sites (N-methyl/N-ethyl adjacent to an activating group) is 1. The van der Waals surface area contributed by atoms with Gasteiger partial charge in [0.25, 0.3) is 0 Å². The Morgan fingerprint density at radius 3 is 2.75 bits per heavy atom. The number of carbonyl (C=O) groups excluding carboxylic acids is 1. The number of nitrogens with one attached hydrogen (secondary N) is 1. The number of ether oxygens (including phenoxy) is 1. The molecule has 1 atom stereocenters. The maximum atomic E-state index is 11.8. The Labute approximate surface area is 120 Å². The van der Waals surface area contributed by atoms with Gasteiger partial charge in [0.2, 0.25) is 0 Å². The predicted molar refractivity (Wildman–Crippen MR) is 78.8 cm³/mol. The highest BCUT2D eigenvalue weighted by molar-refractivity contribution is 5.73. The van der Waals surface area contributed by atoms with Crippen LogP contribution in [0.15, 0.2) is 24.3 Å². The number of aliphatic hydroxyl groups excluding tert-OH is 1. The smallest absolute Gasteiger partial charge is 0.317 e. The molecule has 2 amide bonds. The van der Waals surface area contributed by atoms with Gasteiger partial charge in [0.05, 0.1) is 19.8 Å². The number of aliphatic hydroxyl groups is 1. The minimum atomic E-state index is -0.736. The monoisotopic (exact) mass is 280 g/mol. The van der Waals surface area contributed by atoms with Crippen LogP contribution in [0.1, 0.15) is 25.5 Å². The van der Waals surface area contributed by atoms with Crippen LogP contribution in [0, 0.1) is 5.92 Å². The topological polar surface area (TPSA) is 61.8 Å². The summed E-state index contributed by atoms with van der Waals surface area (Å²) in [7, 11) is 3.25. The third-order valence-electron chi connectivity index (χ3n) is 2.93. The Hall–Kier alpha value is -1.75. The summed E-state index contributed by atoms with van der Waals surface area (Å²) in [5.74, 6) is 1.09. The number of benzene rings is 1. The van der Waals surface area contributed by atoms with Gasteiger partial charge in [0.15, 0.2) is 0 Å². The fourth-order valence-corrected chi connectivity index (χ4v) is 1.72. The van der Waals surface area contributed by atoms with Gasteiger partial charge < -0.3 is 20.1 Å². The molecular formula is C15H24N2O3. The van der Waals surface area contributed by atoms with Gasteiger partial charge in [0.1, 0.15) is 5.75 Å². The Bertz CT molecular complexity index is 435. The second-order valence-corrected chi connectivity index (χ2v) is 5.25. The Morgan fingerprint density at radius 1 is 1.45 bits per heavy atom. The Balaban J connectivity index is 2.55. The van der Waals surface area contributed by atoms with E-state index in [9.17, 15) is 9.90 Å². The molecule has 0 aliphatic carbocycles. The lowest BCUT2D eigenvalue weighted by atomic mass is 10.1. The van der Waals surface area contributed by atoms with Crippen molar-refractivity contribution in [2.75, 3.05) is 27.2 Å². The molecule has 0 saturated heterocycles. The zero-order valence-corrected chi connectivity index (χ0v) is 12.6. The zero-order valence-electron chi connectivity index (χ0n) is 12.6. The molecule has 2 N–H and O–H groups in total. The van der Waals surface area contributed by atoms with Crippen molar-refractivity contribution in [3.05, 3.63) is 29.8 Å². The molecule has 1 aromatic rings. The summed E-state index contributed by atoms with van der Waals surface area (Å²) in [6, 6.07) is 7.03. The van der Waals surface area contributed by atoms with E-state index < -0.39 is 6.10 Å². The average molecular weight is 280 g/mol. The highest BCUT2D eigenvalue weighted by atomic mass is 16.5. The van der Waals surface area contributed by atoms with Crippen LogP contribution in [0.4, 0.5) is 4.79 Å². The van der Waals surface area contributed by atoms with Crippen LogP contribution in [0.5, 0.6) is 5.75 Å². The molecule has 0 radical (unpaired) electrons. The lowest BCUT2D eigenvalue weighted by Crippen LogP contribution is -2.40. The molecule has 20 heavy (non-hydrogen) atoms. The lowest BCUT2D eigenvalue weighted by Gasteiger charge is -2.22. The van der Waals surface area contributed by atoms with E-state index in [1.807, 2.05) is 32.0 Å². The van der Waals surface area contributed by atoms with Gasteiger partial charge >= 0.3 is 6.03 Å². The molecule has 1 unspecified atom stereocenters. The van der Waals surface area contributed by atoms with Crippen molar-refractivity contribution in [2.24, 2.45) is 5.92 Å². The summed E-state index contributed by atoms with van der Waals surface area (Å²) >= 11 is 0. The van der Waals surface area contributed by atoms with Crippen LogP contribution < -0.4 is 10.1 Å². The van der Waals surface area contributed by atoms with E-state index in [2.05, 4.69) is 5.32 Å². The molecule has 0 spiro atoms. The van der Waals surface area contributed by atoms with E-state index in [4.69, 9.17) is 4.74 Å². The van der Waals surface area contributed by atoms with Crippen molar-refractivity contribution >= 4 is 6.03 Å². The van der Waals surface area contributed by atoms with Gasteiger partial charge in [-0.2, -0.15) is 0 Å². The highest BCUT2D eigenvalue weighted by Crippen LogP contribution is 2.19. The summed E-state index contributed by atoms with van der Waals surface area (Å²) in [4.78, 5) is 13.3. The van der Waals surface area contributed by atoms with Crippen LogP contribution >= 0.6 is 0 Å². The molecule has 0 bridgehead atoms. The molecule has 0 aliphatic rings. The average Bonchev–Trinajstić information content (AvgIpc) is 2.44. The molecule has 0 fully saturated rings. The number of amides is 2. The number of nitrogens with zero attached hydrogens (tertiary/aromatic N) is 1. The van der Waals surface area contributed by atoms with Crippen molar-refractivity contribution in [3.63, 3.8) is 0 Å².